The van der Waals surface area contributed by atoms with Gasteiger partial charge in [0.1, 0.15) is 5.82 Å². The lowest BCUT2D eigenvalue weighted by atomic mass is 9.88. The Kier molecular flexibility index (Phi) is 4.19. The number of ether oxygens (including phenoxy) is 1. The Morgan fingerprint density at radius 3 is 2.61 bits per heavy atom. The Balaban J connectivity index is 2.33. The first-order valence-corrected chi connectivity index (χ1v) is 6.60. The second kappa shape index (κ2) is 5.67. The second-order valence-corrected chi connectivity index (χ2v) is 5.24. The van der Waals surface area contributed by atoms with E-state index in [0.717, 1.165) is 31.7 Å². The maximum Gasteiger partial charge on any atom is 0.123 e. The summed E-state index contributed by atoms with van der Waals surface area (Å²) in [5.74, 6) is 1.17. The Hall–Kier alpha value is -1.13. The van der Waals surface area contributed by atoms with E-state index in [0.29, 0.717) is 11.7 Å². The van der Waals surface area contributed by atoms with Crippen LogP contribution in [0.2, 0.25) is 0 Å². The molecule has 4 nitrogen and oxygen atoms in total. The minimum absolute atomic E-state index is 0.284. The highest BCUT2D eigenvalue weighted by atomic mass is 16.5. The van der Waals surface area contributed by atoms with Crippen molar-refractivity contribution in [1.29, 1.82) is 0 Å². The fourth-order valence-corrected chi connectivity index (χ4v) is 2.43. The molecule has 0 amide bonds. The van der Waals surface area contributed by atoms with Crippen molar-refractivity contribution in [2.45, 2.75) is 31.7 Å². The third kappa shape index (κ3) is 2.82. The molecular formula is C14H23N3O. The van der Waals surface area contributed by atoms with Crippen LogP contribution in [0.1, 0.15) is 43.0 Å². The zero-order valence-electron chi connectivity index (χ0n) is 11.5. The average molecular weight is 249 g/mol. The van der Waals surface area contributed by atoms with Crippen LogP contribution in [-0.4, -0.2) is 37.2 Å². The molecule has 0 radical (unpaired) electrons. The van der Waals surface area contributed by atoms with Gasteiger partial charge in [-0.25, -0.2) is 4.98 Å². The number of nitrogen functional groups attached to an aromatic ring is 1. The smallest absolute Gasteiger partial charge is 0.123 e. The molecule has 0 bridgehead atoms. The minimum Gasteiger partial charge on any atom is -0.384 e. The first-order valence-electron chi connectivity index (χ1n) is 6.60. The molecule has 2 heterocycles. The quantitative estimate of drug-likeness (QED) is 0.892. The second-order valence-electron chi connectivity index (χ2n) is 5.24. The Labute approximate surface area is 109 Å². The summed E-state index contributed by atoms with van der Waals surface area (Å²) < 4.78 is 5.44. The summed E-state index contributed by atoms with van der Waals surface area (Å²) in [5.41, 5.74) is 8.30. The zero-order chi connectivity index (χ0) is 13.1. The SMILES string of the molecule is CC(c1nc(N)ccc1C1CCOCC1)N(C)C. The summed E-state index contributed by atoms with van der Waals surface area (Å²) in [6, 6.07) is 4.34. The predicted molar refractivity (Wildman–Crippen MR) is 73.5 cm³/mol. The van der Waals surface area contributed by atoms with E-state index in [9.17, 15) is 0 Å². The van der Waals surface area contributed by atoms with Crippen LogP contribution in [0, 0.1) is 0 Å². The minimum atomic E-state index is 0.284. The fraction of sp³-hybridized carbons (Fsp3) is 0.643. The van der Waals surface area contributed by atoms with Crippen molar-refractivity contribution in [2.24, 2.45) is 0 Å². The van der Waals surface area contributed by atoms with Gasteiger partial charge in [0.15, 0.2) is 0 Å². The molecule has 0 saturated carbocycles. The van der Waals surface area contributed by atoms with Gasteiger partial charge >= 0.3 is 0 Å². The third-order valence-corrected chi connectivity index (χ3v) is 3.81. The largest absolute Gasteiger partial charge is 0.384 e. The van der Waals surface area contributed by atoms with Crippen molar-refractivity contribution in [1.82, 2.24) is 9.88 Å². The number of hydrogen-bond donors (Lipinski definition) is 1. The summed E-state index contributed by atoms with van der Waals surface area (Å²) in [4.78, 5) is 6.74. The standard InChI is InChI=1S/C14H23N3O/c1-10(17(2)3)14-12(4-5-13(15)16-14)11-6-8-18-9-7-11/h4-5,10-11H,6-9H2,1-3H3,(H2,15,16). The number of anilines is 1. The number of pyridine rings is 1. The van der Waals surface area contributed by atoms with E-state index in [-0.39, 0.29) is 6.04 Å². The molecular weight excluding hydrogens is 226 g/mol. The molecule has 1 aromatic heterocycles. The molecule has 1 aliphatic heterocycles. The van der Waals surface area contributed by atoms with Gasteiger partial charge < -0.3 is 15.4 Å². The van der Waals surface area contributed by atoms with E-state index < -0.39 is 0 Å². The summed E-state index contributed by atoms with van der Waals surface area (Å²) in [7, 11) is 4.15. The molecule has 1 atom stereocenters. The Morgan fingerprint density at radius 1 is 1.33 bits per heavy atom. The molecule has 1 saturated heterocycles. The lowest BCUT2D eigenvalue weighted by Crippen LogP contribution is -2.23. The number of aromatic nitrogens is 1. The van der Waals surface area contributed by atoms with E-state index in [1.165, 1.54) is 5.56 Å². The molecule has 0 aromatic carbocycles. The molecule has 1 fully saturated rings. The summed E-state index contributed by atoms with van der Waals surface area (Å²) in [6.45, 7) is 3.88. The molecule has 2 N–H and O–H groups in total. The number of nitrogens with zero attached hydrogens (tertiary/aromatic N) is 2. The number of rotatable bonds is 3. The van der Waals surface area contributed by atoms with Crippen molar-refractivity contribution >= 4 is 5.82 Å². The van der Waals surface area contributed by atoms with Gasteiger partial charge in [-0.2, -0.15) is 0 Å². The summed E-state index contributed by atoms with van der Waals surface area (Å²) >= 11 is 0. The summed E-state index contributed by atoms with van der Waals surface area (Å²) in [5, 5.41) is 0. The Morgan fingerprint density at radius 2 is 2.00 bits per heavy atom. The van der Waals surface area contributed by atoms with Crippen LogP contribution in [-0.2, 0) is 4.74 Å². The zero-order valence-corrected chi connectivity index (χ0v) is 11.5. The highest BCUT2D eigenvalue weighted by Crippen LogP contribution is 2.32. The van der Waals surface area contributed by atoms with Crippen molar-refractivity contribution in [3.8, 4) is 0 Å². The molecule has 100 valence electrons. The molecule has 2 rings (SSSR count). The van der Waals surface area contributed by atoms with Crippen molar-refractivity contribution in [3.05, 3.63) is 23.4 Å². The van der Waals surface area contributed by atoms with Gasteiger partial charge in [0, 0.05) is 19.3 Å². The van der Waals surface area contributed by atoms with Crippen LogP contribution in [0.4, 0.5) is 5.82 Å². The van der Waals surface area contributed by atoms with Crippen LogP contribution in [0.15, 0.2) is 12.1 Å². The lowest BCUT2D eigenvalue weighted by molar-refractivity contribution is 0.0848. The van der Waals surface area contributed by atoms with Crippen LogP contribution < -0.4 is 5.73 Å². The van der Waals surface area contributed by atoms with Gasteiger partial charge in [0.2, 0.25) is 0 Å². The molecule has 0 spiro atoms. The molecule has 1 aromatic rings. The normalized spacial score (nSPS) is 19.1. The van der Waals surface area contributed by atoms with Crippen molar-refractivity contribution < 1.29 is 4.74 Å². The monoisotopic (exact) mass is 249 g/mol. The Bertz CT molecular complexity index is 400. The first-order chi connectivity index (χ1) is 8.59. The van der Waals surface area contributed by atoms with Crippen LogP contribution >= 0.6 is 0 Å². The molecule has 18 heavy (non-hydrogen) atoms. The molecule has 1 unspecified atom stereocenters. The van der Waals surface area contributed by atoms with Crippen molar-refractivity contribution in [2.75, 3.05) is 33.0 Å². The van der Waals surface area contributed by atoms with Crippen molar-refractivity contribution in [3.63, 3.8) is 0 Å². The maximum atomic E-state index is 5.84. The van der Waals surface area contributed by atoms with Gasteiger partial charge in [-0.05, 0) is 51.4 Å². The van der Waals surface area contributed by atoms with Gasteiger partial charge in [-0.3, -0.25) is 0 Å². The van der Waals surface area contributed by atoms with Gasteiger partial charge in [0.05, 0.1) is 5.69 Å². The fourth-order valence-electron chi connectivity index (χ4n) is 2.43. The van der Waals surface area contributed by atoms with E-state index in [4.69, 9.17) is 10.5 Å². The van der Waals surface area contributed by atoms with E-state index in [1.54, 1.807) is 0 Å². The van der Waals surface area contributed by atoms with E-state index in [2.05, 4.69) is 37.0 Å². The predicted octanol–water partition coefficient (Wildman–Crippen LogP) is 2.18. The molecule has 4 heteroatoms. The van der Waals surface area contributed by atoms with Crippen LogP contribution in [0.5, 0.6) is 0 Å². The van der Waals surface area contributed by atoms with Gasteiger partial charge in [0.25, 0.3) is 0 Å². The highest BCUT2D eigenvalue weighted by molar-refractivity contribution is 5.37. The average Bonchev–Trinajstić information content (AvgIpc) is 2.38. The first kappa shape index (κ1) is 13.3. The third-order valence-electron chi connectivity index (χ3n) is 3.81. The lowest BCUT2D eigenvalue weighted by Gasteiger charge is -2.28. The topological polar surface area (TPSA) is 51.4 Å². The highest BCUT2D eigenvalue weighted by Gasteiger charge is 2.23. The number of nitrogens with two attached hydrogens (primary N) is 1. The van der Waals surface area contributed by atoms with E-state index >= 15 is 0 Å². The van der Waals surface area contributed by atoms with Crippen LogP contribution in [0.25, 0.3) is 0 Å². The summed E-state index contributed by atoms with van der Waals surface area (Å²) in [6.07, 6.45) is 2.16. The van der Waals surface area contributed by atoms with Gasteiger partial charge in [-0.1, -0.05) is 6.07 Å². The number of hydrogen-bond acceptors (Lipinski definition) is 4. The van der Waals surface area contributed by atoms with E-state index in [1.807, 2.05) is 6.07 Å². The van der Waals surface area contributed by atoms with Crippen LogP contribution in [0.3, 0.4) is 0 Å². The maximum absolute atomic E-state index is 5.84. The molecule has 0 aliphatic carbocycles. The molecule has 1 aliphatic rings. The van der Waals surface area contributed by atoms with Gasteiger partial charge in [-0.15, -0.1) is 0 Å².